The van der Waals surface area contributed by atoms with Crippen LogP contribution in [0.4, 0.5) is 5.82 Å². The van der Waals surface area contributed by atoms with Gasteiger partial charge in [-0.3, -0.25) is 0 Å². The second-order valence-corrected chi connectivity index (χ2v) is 4.02. The van der Waals surface area contributed by atoms with Crippen LogP contribution in [0.5, 0.6) is 0 Å². The molecule has 0 atom stereocenters. The van der Waals surface area contributed by atoms with Crippen molar-refractivity contribution < 1.29 is 0 Å². The number of rotatable bonds is 3. The third-order valence-corrected chi connectivity index (χ3v) is 2.65. The van der Waals surface area contributed by atoms with E-state index < -0.39 is 0 Å². The van der Waals surface area contributed by atoms with Gasteiger partial charge in [-0.15, -0.1) is 16.4 Å². The molecule has 14 heavy (non-hydrogen) atoms. The molecule has 0 bridgehead atoms. The van der Waals surface area contributed by atoms with E-state index in [4.69, 9.17) is 0 Å². The lowest BCUT2D eigenvalue weighted by molar-refractivity contribution is 0.716. The minimum atomic E-state index is 0.714. The third-order valence-electron chi connectivity index (χ3n) is 1.83. The molecule has 2 rings (SSSR count). The number of hydrogen-bond donors (Lipinski definition) is 1. The van der Waals surface area contributed by atoms with Crippen molar-refractivity contribution in [3.63, 3.8) is 0 Å². The van der Waals surface area contributed by atoms with Crippen molar-refractivity contribution in [1.82, 2.24) is 20.0 Å². The fourth-order valence-corrected chi connectivity index (χ4v) is 1.73. The maximum Gasteiger partial charge on any atom is 0.144 e. The highest BCUT2D eigenvalue weighted by molar-refractivity contribution is 7.09. The van der Waals surface area contributed by atoms with Crippen LogP contribution in [0.2, 0.25) is 0 Å². The van der Waals surface area contributed by atoms with E-state index in [-0.39, 0.29) is 0 Å². The normalized spacial score (nSPS) is 10.4. The van der Waals surface area contributed by atoms with Gasteiger partial charge in [0.15, 0.2) is 0 Å². The Morgan fingerprint density at radius 1 is 1.57 bits per heavy atom. The summed E-state index contributed by atoms with van der Waals surface area (Å²) in [6.07, 6.45) is 1.69. The predicted octanol–water partition coefficient (Wildman–Crippen LogP) is 1.19. The van der Waals surface area contributed by atoms with E-state index in [2.05, 4.69) is 20.6 Å². The van der Waals surface area contributed by atoms with Gasteiger partial charge in [-0.2, -0.15) is 0 Å². The van der Waals surface area contributed by atoms with Crippen LogP contribution in [0, 0.1) is 6.92 Å². The fourth-order valence-electron chi connectivity index (χ4n) is 1.12. The van der Waals surface area contributed by atoms with Gasteiger partial charge in [0.25, 0.3) is 0 Å². The average molecular weight is 209 g/mol. The molecule has 0 aliphatic carbocycles. The molecule has 0 aliphatic heterocycles. The molecule has 74 valence electrons. The van der Waals surface area contributed by atoms with E-state index in [0.717, 1.165) is 16.5 Å². The number of aryl methyl sites for hydroxylation is 2. The van der Waals surface area contributed by atoms with Gasteiger partial charge in [0.2, 0.25) is 0 Å². The van der Waals surface area contributed by atoms with Crippen molar-refractivity contribution in [1.29, 1.82) is 0 Å². The molecule has 1 N–H and O–H groups in total. The Hall–Kier alpha value is -1.43. The molecule has 0 amide bonds. The Balaban J connectivity index is 1.98. The van der Waals surface area contributed by atoms with E-state index in [1.165, 1.54) is 0 Å². The molecule has 0 saturated carbocycles. The number of nitrogens with zero attached hydrogens (tertiary/aromatic N) is 4. The first kappa shape index (κ1) is 9.14. The molecule has 2 aromatic heterocycles. The minimum absolute atomic E-state index is 0.714. The summed E-state index contributed by atoms with van der Waals surface area (Å²) in [4.78, 5) is 4.35. The zero-order chi connectivity index (χ0) is 9.97. The van der Waals surface area contributed by atoms with Gasteiger partial charge in [0.05, 0.1) is 23.4 Å². The van der Waals surface area contributed by atoms with Gasteiger partial charge in [0, 0.05) is 12.4 Å². The van der Waals surface area contributed by atoms with Crippen molar-refractivity contribution in [2.75, 3.05) is 5.32 Å². The molecule has 0 aromatic carbocycles. The molecule has 2 aromatic rings. The van der Waals surface area contributed by atoms with Crippen LogP contribution in [0.3, 0.4) is 0 Å². The molecule has 0 aliphatic rings. The van der Waals surface area contributed by atoms with Crippen molar-refractivity contribution in [3.05, 3.63) is 22.3 Å². The molecule has 2 heterocycles. The number of nitrogens with one attached hydrogen (secondary N) is 1. The van der Waals surface area contributed by atoms with Gasteiger partial charge in [-0.05, 0) is 6.92 Å². The van der Waals surface area contributed by atoms with Gasteiger partial charge in [0.1, 0.15) is 5.82 Å². The Morgan fingerprint density at radius 2 is 2.43 bits per heavy atom. The fraction of sp³-hybridized carbons (Fsp3) is 0.375. The number of anilines is 1. The smallest absolute Gasteiger partial charge is 0.144 e. The lowest BCUT2D eigenvalue weighted by Gasteiger charge is -2.02. The quantitative estimate of drug-likeness (QED) is 0.825. The summed E-state index contributed by atoms with van der Waals surface area (Å²) < 4.78 is 1.69. The predicted molar refractivity (Wildman–Crippen MR) is 55.2 cm³/mol. The van der Waals surface area contributed by atoms with E-state index in [9.17, 15) is 0 Å². The highest BCUT2D eigenvalue weighted by Gasteiger charge is 2.01. The van der Waals surface area contributed by atoms with Crippen LogP contribution in [0.25, 0.3) is 0 Å². The molecular weight excluding hydrogens is 198 g/mol. The highest BCUT2D eigenvalue weighted by atomic mass is 32.1. The van der Waals surface area contributed by atoms with Crippen molar-refractivity contribution in [3.8, 4) is 0 Å². The summed E-state index contributed by atoms with van der Waals surface area (Å²) in [7, 11) is 1.85. The highest BCUT2D eigenvalue weighted by Crippen LogP contribution is 2.10. The van der Waals surface area contributed by atoms with E-state index in [0.29, 0.717) is 6.54 Å². The van der Waals surface area contributed by atoms with E-state index in [1.54, 1.807) is 22.2 Å². The second kappa shape index (κ2) is 3.75. The van der Waals surface area contributed by atoms with Crippen molar-refractivity contribution in [2.24, 2.45) is 7.05 Å². The molecule has 0 fully saturated rings. The number of aromatic nitrogens is 4. The van der Waals surface area contributed by atoms with Crippen LogP contribution >= 0.6 is 11.3 Å². The third kappa shape index (κ3) is 1.90. The summed E-state index contributed by atoms with van der Waals surface area (Å²) in [5.74, 6) is 0.899. The average Bonchev–Trinajstić information content (AvgIpc) is 2.72. The number of thiazole rings is 1. The Bertz CT molecular complexity index is 419. The van der Waals surface area contributed by atoms with Gasteiger partial charge in [-0.1, -0.05) is 5.21 Å². The molecular formula is C8H11N5S. The lowest BCUT2D eigenvalue weighted by Crippen LogP contribution is -2.04. The summed E-state index contributed by atoms with van der Waals surface area (Å²) in [6.45, 7) is 2.71. The molecule has 5 nitrogen and oxygen atoms in total. The van der Waals surface area contributed by atoms with Gasteiger partial charge in [-0.25, -0.2) is 9.67 Å². The molecule has 0 unspecified atom stereocenters. The van der Waals surface area contributed by atoms with E-state index in [1.807, 2.05) is 19.4 Å². The first-order valence-electron chi connectivity index (χ1n) is 4.25. The molecule has 0 radical (unpaired) electrons. The summed E-state index contributed by atoms with van der Waals surface area (Å²) >= 11 is 1.66. The minimum Gasteiger partial charge on any atom is -0.363 e. The summed E-state index contributed by atoms with van der Waals surface area (Å²) in [5.41, 5.74) is 1.05. The maximum absolute atomic E-state index is 4.35. The summed E-state index contributed by atoms with van der Waals surface area (Å²) in [5, 5.41) is 13.9. The second-order valence-electron chi connectivity index (χ2n) is 2.95. The lowest BCUT2D eigenvalue weighted by atomic mass is 10.5. The first-order chi connectivity index (χ1) is 6.75. The molecule has 0 spiro atoms. The Labute approximate surface area is 85.8 Å². The Morgan fingerprint density at radius 3 is 3.00 bits per heavy atom. The topological polar surface area (TPSA) is 55.6 Å². The van der Waals surface area contributed by atoms with Crippen molar-refractivity contribution >= 4 is 17.2 Å². The van der Waals surface area contributed by atoms with Crippen LogP contribution in [0.1, 0.15) is 10.7 Å². The number of hydrogen-bond acceptors (Lipinski definition) is 5. The largest absolute Gasteiger partial charge is 0.363 e. The van der Waals surface area contributed by atoms with E-state index >= 15 is 0 Å². The van der Waals surface area contributed by atoms with Crippen molar-refractivity contribution in [2.45, 2.75) is 13.5 Å². The molecule has 6 heteroatoms. The van der Waals surface area contributed by atoms with Crippen LogP contribution in [-0.4, -0.2) is 20.0 Å². The zero-order valence-electron chi connectivity index (χ0n) is 8.06. The first-order valence-corrected chi connectivity index (χ1v) is 5.13. The monoisotopic (exact) mass is 209 g/mol. The van der Waals surface area contributed by atoms with Gasteiger partial charge < -0.3 is 5.32 Å². The van der Waals surface area contributed by atoms with Crippen LogP contribution < -0.4 is 5.32 Å². The maximum atomic E-state index is 4.35. The molecule has 0 saturated heterocycles. The van der Waals surface area contributed by atoms with Crippen LogP contribution in [0.15, 0.2) is 11.6 Å². The Kier molecular flexibility index (Phi) is 2.45. The summed E-state index contributed by atoms with van der Waals surface area (Å²) in [6, 6.07) is 0. The SMILES string of the molecule is Cc1nc(CNc2cnnn2C)cs1. The van der Waals surface area contributed by atoms with Crippen LogP contribution in [-0.2, 0) is 13.6 Å². The zero-order valence-corrected chi connectivity index (χ0v) is 8.88. The van der Waals surface area contributed by atoms with Gasteiger partial charge >= 0.3 is 0 Å². The standard InChI is InChI=1S/C8H11N5S/c1-6-11-7(5-14-6)3-9-8-4-10-12-13(8)2/h4-5,9H,3H2,1-2H3.